The Labute approximate surface area is 207 Å². The van der Waals surface area contributed by atoms with Crippen molar-refractivity contribution < 1.29 is 14.3 Å². The number of methoxy groups -OCH3 is 1. The van der Waals surface area contributed by atoms with Crippen molar-refractivity contribution in [2.24, 2.45) is 5.73 Å². The predicted octanol–water partition coefficient (Wildman–Crippen LogP) is 3.10. The summed E-state index contributed by atoms with van der Waals surface area (Å²) < 4.78 is 3.14. The molecule has 3 aromatic rings. The van der Waals surface area contributed by atoms with E-state index in [-0.39, 0.29) is 5.29 Å². The molecule has 0 saturated heterocycles. The molecule has 0 heterocycles. The van der Waals surface area contributed by atoms with Gasteiger partial charge in [-0.05, 0) is 22.8 Å². The van der Waals surface area contributed by atoms with Crippen molar-refractivity contribution in [1.82, 2.24) is 5.32 Å². The van der Waals surface area contributed by atoms with Gasteiger partial charge in [0.25, 0.3) is 5.91 Å². The fraction of sp³-hybridized carbons (Fsp3) is 0.125. The second kappa shape index (κ2) is 10.8. The zero-order valence-corrected chi connectivity index (χ0v) is 20.8. The second-order valence-electron chi connectivity index (χ2n) is 7.01. The summed E-state index contributed by atoms with van der Waals surface area (Å²) in [6, 6.07) is 28.1. The number of ether oxygens (including phenoxy) is 1. The highest BCUT2D eigenvalue weighted by atomic mass is 35.6. The quantitative estimate of drug-likeness (QED) is 0.171. The van der Waals surface area contributed by atoms with Crippen molar-refractivity contribution in [2.45, 2.75) is 9.96 Å². The van der Waals surface area contributed by atoms with Gasteiger partial charge in [-0.15, -0.1) is 0 Å². The van der Waals surface area contributed by atoms with Gasteiger partial charge in [-0.25, -0.2) is 4.79 Å². The third-order valence-electron chi connectivity index (χ3n) is 5.00. The molecule has 0 spiro atoms. The minimum absolute atomic E-state index is 0.113. The van der Waals surface area contributed by atoms with Crippen LogP contribution in [0.15, 0.2) is 91.0 Å². The number of hydrogen-bond acceptors (Lipinski definition) is 4. The molecule has 172 valence electrons. The Morgan fingerprint density at radius 2 is 1.18 bits per heavy atom. The maximum atomic E-state index is 13.7. The second-order valence-corrected chi connectivity index (χ2v) is 12.7. The summed E-state index contributed by atoms with van der Waals surface area (Å²) in [6.07, 6.45) is -1.36. The van der Waals surface area contributed by atoms with E-state index in [2.05, 4.69) is 5.32 Å². The number of carbonyl (C=O) groups excluding carboxylic acids is 2. The van der Waals surface area contributed by atoms with Crippen LogP contribution in [0.3, 0.4) is 0 Å². The number of hydrogen-bond donors (Lipinski definition) is 2. The summed E-state index contributed by atoms with van der Waals surface area (Å²) in [5.41, 5.74) is 5.91. The molecule has 0 bridgehead atoms. The van der Waals surface area contributed by atoms with E-state index in [1.165, 1.54) is 7.11 Å². The third kappa shape index (κ3) is 5.29. The highest BCUT2D eigenvalue weighted by molar-refractivity contribution is 7.97. The SMILES string of the molecule is COC(=O)C(C(=O)N[C@H](N)C(Cl)(Cl)Cl)=P(c1ccccc1)(c1ccccc1)c1ccccc1. The predicted molar refractivity (Wildman–Crippen MR) is 139 cm³/mol. The molecule has 0 unspecified atom stereocenters. The van der Waals surface area contributed by atoms with Crippen LogP contribution in [0.2, 0.25) is 0 Å². The number of nitrogens with two attached hydrogens (primary N) is 1. The van der Waals surface area contributed by atoms with Crippen molar-refractivity contribution in [3.8, 4) is 0 Å². The van der Waals surface area contributed by atoms with Crippen LogP contribution in [0, 0.1) is 0 Å². The van der Waals surface area contributed by atoms with E-state index in [0.29, 0.717) is 0 Å². The van der Waals surface area contributed by atoms with E-state index in [1.54, 1.807) is 0 Å². The Hall–Kier alpha value is -2.27. The molecular weight excluding hydrogens is 502 g/mol. The Morgan fingerprint density at radius 1 is 0.818 bits per heavy atom. The Bertz CT molecular complexity index is 1060. The number of nitrogens with one attached hydrogen (secondary N) is 1. The lowest BCUT2D eigenvalue weighted by Gasteiger charge is -2.32. The standard InChI is InChI=1S/C24H22Cl3N2O3P/c1-32-22(31)20(21(30)29-23(28)24(25,26)27)33(17-11-5-2-6-12-17,18-13-7-3-8-14-18)19-15-9-4-10-16-19/h2-16,23H,28H2,1H3,(H,29,30)/t23-/m0/s1. The van der Waals surface area contributed by atoms with Gasteiger partial charge in [-0.2, -0.15) is 0 Å². The Balaban J connectivity index is 2.52. The van der Waals surface area contributed by atoms with Crippen molar-refractivity contribution in [3.63, 3.8) is 0 Å². The Morgan fingerprint density at radius 3 is 1.48 bits per heavy atom. The number of halogens is 3. The first-order valence-corrected chi connectivity index (χ1v) is 12.8. The molecule has 0 aliphatic rings. The first-order chi connectivity index (χ1) is 15.7. The maximum Gasteiger partial charge on any atom is 0.344 e. The van der Waals surface area contributed by atoms with Gasteiger partial charge < -0.3 is 15.8 Å². The van der Waals surface area contributed by atoms with E-state index in [9.17, 15) is 9.59 Å². The Kier molecular flexibility index (Phi) is 8.28. The summed E-state index contributed by atoms with van der Waals surface area (Å²) in [5, 5.41) is 4.70. The lowest BCUT2D eigenvalue weighted by Crippen LogP contribution is -2.54. The monoisotopic (exact) mass is 522 g/mol. The number of rotatable bonds is 6. The molecule has 3 rings (SSSR count). The zero-order valence-electron chi connectivity index (χ0n) is 17.6. The fourth-order valence-corrected chi connectivity index (χ4v) is 7.98. The van der Waals surface area contributed by atoms with Gasteiger partial charge in [0.2, 0.25) is 3.79 Å². The van der Waals surface area contributed by atoms with Crippen LogP contribution in [0.1, 0.15) is 0 Å². The molecule has 1 amide bonds. The minimum Gasteiger partial charge on any atom is -0.465 e. The van der Waals surface area contributed by atoms with Gasteiger partial charge in [-0.3, -0.25) is 4.79 Å². The van der Waals surface area contributed by atoms with Crippen LogP contribution in [0.25, 0.3) is 0 Å². The molecule has 9 heteroatoms. The highest BCUT2D eigenvalue weighted by Crippen LogP contribution is 2.46. The van der Waals surface area contributed by atoms with E-state index in [1.807, 2.05) is 91.0 Å². The zero-order chi connectivity index (χ0) is 24.1. The van der Waals surface area contributed by atoms with Crippen LogP contribution in [-0.2, 0) is 14.3 Å². The van der Waals surface area contributed by atoms with Crippen LogP contribution in [0.4, 0.5) is 0 Å². The highest BCUT2D eigenvalue weighted by Gasteiger charge is 2.40. The summed E-state index contributed by atoms with van der Waals surface area (Å²) >= 11 is 17.7. The molecule has 0 aromatic heterocycles. The number of benzene rings is 3. The molecule has 1 atom stereocenters. The molecule has 33 heavy (non-hydrogen) atoms. The number of alkyl halides is 3. The van der Waals surface area contributed by atoms with Gasteiger partial charge in [0.1, 0.15) is 11.5 Å². The molecule has 0 aliphatic carbocycles. The van der Waals surface area contributed by atoms with Crippen LogP contribution < -0.4 is 27.0 Å². The van der Waals surface area contributed by atoms with Crippen LogP contribution >= 0.6 is 41.7 Å². The molecule has 5 nitrogen and oxygen atoms in total. The van der Waals surface area contributed by atoms with E-state index in [0.717, 1.165) is 15.9 Å². The van der Waals surface area contributed by atoms with Gasteiger partial charge >= 0.3 is 5.97 Å². The van der Waals surface area contributed by atoms with E-state index < -0.39 is 28.7 Å². The van der Waals surface area contributed by atoms with Gasteiger partial charge in [0.15, 0.2) is 0 Å². The lowest BCUT2D eigenvalue weighted by molar-refractivity contribution is -0.133. The smallest absolute Gasteiger partial charge is 0.344 e. The van der Waals surface area contributed by atoms with E-state index in [4.69, 9.17) is 45.3 Å². The largest absolute Gasteiger partial charge is 0.465 e. The van der Waals surface area contributed by atoms with Gasteiger partial charge in [0, 0.05) is 0 Å². The van der Waals surface area contributed by atoms with Crippen LogP contribution in [0.5, 0.6) is 0 Å². The third-order valence-corrected chi connectivity index (χ3v) is 9.98. The first-order valence-electron chi connectivity index (χ1n) is 9.87. The lowest BCUT2D eigenvalue weighted by atomic mass is 10.3. The van der Waals surface area contributed by atoms with Crippen LogP contribution in [-0.4, -0.2) is 34.2 Å². The van der Waals surface area contributed by atoms with Gasteiger partial charge in [-0.1, -0.05) is 126 Å². The normalized spacial score (nSPS) is 12.5. The summed E-state index contributed by atoms with van der Waals surface area (Å²) in [7, 11) is 1.22. The molecule has 0 radical (unpaired) electrons. The van der Waals surface area contributed by atoms with Gasteiger partial charge in [0.05, 0.1) is 7.11 Å². The fourth-order valence-electron chi connectivity index (χ4n) is 3.56. The van der Waals surface area contributed by atoms with E-state index >= 15 is 0 Å². The molecule has 3 N–H and O–H groups in total. The van der Waals surface area contributed by atoms with Crippen molar-refractivity contribution >= 4 is 74.8 Å². The molecule has 0 saturated carbocycles. The molecule has 0 aliphatic heterocycles. The number of esters is 1. The maximum absolute atomic E-state index is 13.7. The van der Waals surface area contributed by atoms with Crippen molar-refractivity contribution in [2.75, 3.05) is 7.11 Å². The average molecular weight is 524 g/mol. The molecule has 0 fully saturated rings. The summed E-state index contributed by atoms with van der Waals surface area (Å²) in [4.78, 5) is 27.0. The molecular formula is C24H22Cl3N2O3P. The summed E-state index contributed by atoms with van der Waals surface area (Å²) in [5.74, 6) is -1.57. The number of amides is 1. The van der Waals surface area contributed by atoms with Crippen molar-refractivity contribution in [1.29, 1.82) is 0 Å². The van der Waals surface area contributed by atoms with Crippen molar-refractivity contribution in [3.05, 3.63) is 91.0 Å². The first kappa shape index (κ1) is 25.4. The average Bonchev–Trinajstić information content (AvgIpc) is 2.83. The number of carbonyl (C=O) groups is 2. The summed E-state index contributed by atoms with van der Waals surface area (Å²) in [6.45, 7) is -3.06. The topological polar surface area (TPSA) is 81.4 Å². The minimum atomic E-state index is -3.06. The molecule has 3 aromatic carbocycles.